The number of hydrogen-bond donors (Lipinski definition) is 1. The van der Waals surface area contributed by atoms with Crippen molar-refractivity contribution in [2.45, 2.75) is 25.7 Å². The van der Waals surface area contributed by atoms with Crippen molar-refractivity contribution in [3.05, 3.63) is 0 Å². The summed E-state index contributed by atoms with van der Waals surface area (Å²) in [5.41, 5.74) is 0.564. The van der Waals surface area contributed by atoms with E-state index < -0.39 is 0 Å². The minimum atomic E-state index is 0.301. The Bertz CT molecular complexity index is 200. The molecule has 82 valence electrons. The summed E-state index contributed by atoms with van der Waals surface area (Å²) in [6, 6.07) is 0. The van der Waals surface area contributed by atoms with Crippen molar-refractivity contribution < 1.29 is 5.11 Å². The van der Waals surface area contributed by atoms with Crippen LogP contribution in [0.5, 0.6) is 0 Å². The van der Waals surface area contributed by atoms with Gasteiger partial charge in [-0.2, -0.15) is 0 Å². The largest absolute Gasteiger partial charge is 0.395 e. The van der Waals surface area contributed by atoms with Crippen molar-refractivity contribution in [2.75, 3.05) is 32.1 Å². The van der Waals surface area contributed by atoms with Crippen LogP contribution in [0.15, 0.2) is 0 Å². The zero-order valence-corrected chi connectivity index (χ0v) is 9.47. The first-order chi connectivity index (χ1) is 6.78. The number of aliphatic hydroxyl groups is 1. The Morgan fingerprint density at radius 1 is 1.43 bits per heavy atom. The number of aliphatic hydroxyl groups excluding tert-OH is 1. The van der Waals surface area contributed by atoms with E-state index in [2.05, 4.69) is 4.90 Å². The number of nitrogens with zero attached hydrogens (tertiary/aromatic N) is 1. The highest BCUT2D eigenvalue weighted by Crippen LogP contribution is 2.48. The smallest absolute Gasteiger partial charge is 0.0558 e. The lowest BCUT2D eigenvalue weighted by Gasteiger charge is -2.23. The number of rotatable bonds is 3. The number of likely N-dealkylation sites (tertiary alicyclic amines) is 1. The second kappa shape index (κ2) is 4.38. The van der Waals surface area contributed by atoms with Gasteiger partial charge in [0, 0.05) is 19.0 Å². The van der Waals surface area contributed by atoms with Crippen LogP contribution in [0.25, 0.3) is 0 Å². The van der Waals surface area contributed by atoms with Gasteiger partial charge < -0.3 is 10.0 Å². The molecule has 1 heterocycles. The molecular weight excluding hydrogens is 198 g/mol. The average molecular weight is 218 g/mol. The van der Waals surface area contributed by atoms with Crippen LogP contribution < -0.4 is 0 Å². The Morgan fingerprint density at radius 3 is 2.93 bits per heavy atom. The van der Waals surface area contributed by atoms with E-state index in [9.17, 15) is 0 Å². The molecule has 1 aliphatic heterocycles. The third-order valence-corrected chi connectivity index (χ3v) is 4.39. The number of halogens is 1. The lowest BCUT2D eigenvalue weighted by Crippen LogP contribution is -2.27. The molecule has 3 heteroatoms. The number of β-amino-alcohol motifs (C(OH)–C–C–N with tert-alkyl or cyclic N) is 1. The van der Waals surface area contributed by atoms with Crippen LogP contribution in [-0.2, 0) is 0 Å². The van der Waals surface area contributed by atoms with E-state index in [0.717, 1.165) is 18.3 Å². The normalized spacial score (nSPS) is 38.6. The fourth-order valence-corrected chi connectivity index (χ4v) is 3.45. The molecule has 0 aromatic heterocycles. The van der Waals surface area contributed by atoms with Gasteiger partial charge in [-0.05, 0) is 43.6 Å². The molecule has 0 radical (unpaired) electrons. The van der Waals surface area contributed by atoms with Gasteiger partial charge in [0.05, 0.1) is 6.61 Å². The molecule has 2 fully saturated rings. The van der Waals surface area contributed by atoms with E-state index in [4.69, 9.17) is 16.7 Å². The van der Waals surface area contributed by atoms with E-state index in [1.165, 1.54) is 38.8 Å². The Balaban J connectivity index is 1.87. The molecule has 0 aromatic carbocycles. The number of alkyl halides is 1. The molecule has 2 atom stereocenters. The van der Waals surface area contributed by atoms with Gasteiger partial charge in [-0.1, -0.05) is 0 Å². The van der Waals surface area contributed by atoms with Crippen molar-refractivity contribution in [1.82, 2.24) is 4.90 Å². The van der Waals surface area contributed by atoms with Crippen LogP contribution in [0.1, 0.15) is 25.7 Å². The molecule has 1 spiro atoms. The summed E-state index contributed by atoms with van der Waals surface area (Å²) >= 11 is 5.91. The first-order valence-electron chi connectivity index (χ1n) is 5.67. The fraction of sp³-hybridized carbons (Fsp3) is 1.00. The fourth-order valence-electron chi connectivity index (χ4n) is 3.19. The van der Waals surface area contributed by atoms with Crippen molar-refractivity contribution in [3.8, 4) is 0 Å². The lowest BCUT2D eigenvalue weighted by molar-refractivity contribution is 0.199. The van der Waals surface area contributed by atoms with Crippen LogP contribution in [0, 0.1) is 11.3 Å². The maximum absolute atomic E-state index is 8.89. The van der Waals surface area contributed by atoms with Gasteiger partial charge in [0.1, 0.15) is 0 Å². The summed E-state index contributed by atoms with van der Waals surface area (Å²) in [4.78, 5) is 2.40. The molecule has 14 heavy (non-hydrogen) atoms. The summed E-state index contributed by atoms with van der Waals surface area (Å²) in [5.74, 6) is 1.59. The third-order valence-electron chi connectivity index (χ3n) is 3.96. The van der Waals surface area contributed by atoms with Crippen molar-refractivity contribution in [1.29, 1.82) is 0 Å². The monoisotopic (exact) mass is 217 g/mol. The summed E-state index contributed by atoms with van der Waals surface area (Å²) in [5, 5.41) is 8.89. The minimum Gasteiger partial charge on any atom is -0.395 e. The van der Waals surface area contributed by atoms with Gasteiger partial charge >= 0.3 is 0 Å². The maximum atomic E-state index is 8.89. The molecule has 0 amide bonds. The first kappa shape index (κ1) is 10.7. The molecule has 1 saturated heterocycles. The SMILES string of the molecule is OCCN1CC[C@@]2(CC[C@H](CCl)C2)C1. The minimum absolute atomic E-state index is 0.301. The van der Waals surface area contributed by atoms with Gasteiger partial charge in [-0.3, -0.25) is 0 Å². The summed E-state index contributed by atoms with van der Waals surface area (Å²) in [7, 11) is 0. The summed E-state index contributed by atoms with van der Waals surface area (Å²) in [6.45, 7) is 3.53. The average Bonchev–Trinajstić information content (AvgIpc) is 2.76. The Hall–Kier alpha value is 0.210. The summed E-state index contributed by atoms with van der Waals surface area (Å²) in [6.07, 6.45) is 5.31. The second-order valence-electron chi connectivity index (χ2n) is 5.01. The van der Waals surface area contributed by atoms with Crippen LogP contribution in [0.2, 0.25) is 0 Å². The highest BCUT2D eigenvalue weighted by atomic mass is 35.5. The standard InChI is InChI=1S/C11H20ClNO/c12-8-10-1-2-11(7-10)3-4-13(9-11)5-6-14/h10,14H,1-9H2/t10-,11+/m0/s1. The molecule has 0 aromatic rings. The van der Waals surface area contributed by atoms with Crippen molar-refractivity contribution in [2.24, 2.45) is 11.3 Å². The Labute approximate surface area is 91.2 Å². The summed E-state index contributed by atoms with van der Waals surface area (Å²) < 4.78 is 0. The predicted molar refractivity (Wildman–Crippen MR) is 58.6 cm³/mol. The molecule has 2 aliphatic rings. The van der Waals surface area contributed by atoms with Gasteiger partial charge in [0.2, 0.25) is 0 Å². The van der Waals surface area contributed by atoms with Gasteiger partial charge in [-0.25, -0.2) is 0 Å². The Kier molecular flexibility index (Phi) is 3.35. The van der Waals surface area contributed by atoms with Crippen LogP contribution in [-0.4, -0.2) is 42.1 Å². The molecule has 2 rings (SSSR count). The van der Waals surface area contributed by atoms with E-state index in [0.29, 0.717) is 12.0 Å². The quantitative estimate of drug-likeness (QED) is 0.728. The first-order valence-corrected chi connectivity index (χ1v) is 6.21. The molecule has 2 nitrogen and oxygen atoms in total. The van der Waals surface area contributed by atoms with E-state index in [1.54, 1.807) is 0 Å². The van der Waals surface area contributed by atoms with Gasteiger partial charge in [-0.15, -0.1) is 11.6 Å². The maximum Gasteiger partial charge on any atom is 0.0558 e. The molecule has 1 saturated carbocycles. The van der Waals surface area contributed by atoms with Gasteiger partial charge in [0.25, 0.3) is 0 Å². The third kappa shape index (κ3) is 2.07. The van der Waals surface area contributed by atoms with E-state index >= 15 is 0 Å². The van der Waals surface area contributed by atoms with Crippen LogP contribution in [0.3, 0.4) is 0 Å². The molecule has 1 aliphatic carbocycles. The van der Waals surface area contributed by atoms with E-state index in [1.807, 2.05) is 0 Å². The van der Waals surface area contributed by atoms with Crippen LogP contribution in [0.4, 0.5) is 0 Å². The highest BCUT2D eigenvalue weighted by molar-refractivity contribution is 6.18. The topological polar surface area (TPSA) is 23.5 Å². The molecular formula is C11H20ClNO. The lowest BCUT2D eigenvalue weighted by atomic mass is 9.85. The van der Waals surface area contributed by atoms with Crippen molar-refractivity contribution >= 4 is 11.6 Å². The molecule has 0 bridgehead atoms. The van der Waals surface area contributed by atoms with Gasteiger partial charge in [0.15, 0.2) is 0 Å². The predicted octanol–water partition coefficient (Wildman–Crippen LogP) is 1.71. The zero-order chi connectivity index (χ0) is 10.0. The zero-order valence-electron chi connectivity index (χ0n) is 8.71. The molecule has 0 unspecified atom stereocenters. The second-order valence-corrected chi connectivity index (χ2v) is 5.32. The van der Waals surface area contributed by atoms with Crippen molar-refractivity contribution in [3.63, 3.8) is 0 Å². The number of hydrogen-bond acceptors (Lipinski definition) is 2. The highest BCUT2D eigenvalue weighted by Gasteiger charge is 2.43. The van der Waals surface area contributed by atoms with Crippen LogP contribution >= 0.6 is 11.6 Å². The molecule has 1 N–H and O–H groups in total. The Morgan fingerprint density at radius 2 is 2.29 bits per heavy atom. The van der Waals surface area contributed by atoms with E-state index in [-0.39, 0.29) is 0 Å².